The number of benzene rings is 1. The molecule has 1 amide bonds. The van der Waals surface area contributed by atoms with Gasteiger partial charge >= 0.3 is 0 Å². The van der Waals surface area contributed by atoms with Crippen LogP contribution in [0.3, 0.4) is 0 Å². The molecule has 24 heavy (non-hydrogen) atoms. The lowest BCUT2D eigenvalue weighted by atomic mass is 10.3. The zero-order valence-corrected chi connectivity index (χ0v) is 13.1. The van der Waals surface area contributed by atoms with Crippen molar-refractivity contribution >= 4 is 27.3 Å². The molecular weight excluding hydrogens is 334 g/mol. The van der Waals surface area contributed by atoms with Crippen LogP contribution in [0.2, 0.25) is 0 Å². The molecule has 0 atom stereocenters. The van der Waals surface area contributed by atoms with Crippen molar-refractivity contribution in [2.24, 2.45) is 10.2 Å². The number of furan rings is 1. The minimum atomic E-state index is -3.79. The SMILES string of the molecule is N#C/C(=N\Nc1ccc(S(N)(=O)=O)cc1)C(=O)NCc1ccco1. The van der Waals surface area contributed by atoms with Gasteiger partial charge in [-0.25, -0.2) is 13.6 Å². The zero-order valence-electron chi connectivity index (χ0n) is 12.3. The maximum atomic E-state index is 11.8. The van der Waals surface area contributed by atoms with Gasteiger partial charge in [0.1, 0.15) is 11.8 Å². The molecule has 0 unspecified atom stereocenters. The number of nitrogens with one attached hydrogen (secondary N) is 2. The summed E-state index contributed by atoms with van der Waals surface area (Å²) in [7, 11) is -3.79. The van der Waals surface area contributed by atoms with Gasteiger partial charge in [-0.05, 0) is 36.4 Å². The number of nitriles is 1. The van der Waals surface area contributed by atoms with Crippen molar-refractivity contribution in [2.75, 3.05) is 5.43 Å². The second kappa shape index (κ2) is 7.40. The van der Waals surface area contributed by atoms with Crippen LogP contribution in [-0.4, -0.2) is 20.0 Å². The molecule has 2 aromatic rings. The summed E-state index contributed by atoms with van der Waals surface area (Å²) >= 11 is 0. The number of primary sulfonamides is 1. The number of anilines is 1. The van der Waals surface area contributed by atoms with E-state index in [4.69, 9.17) is 14.8 Å². The van der Waals surface area contributed by atoms with E-state index >= 15 is 0 Å². The Kier molecular flexibility index (Phi) is 5.31. The Morgan fingerprint density at radius 2 is 2.00 bits per heavy atom. The van der Waals surface area contributed by atoms with E-state index < -0.39 is 21.6 Å². The van der Waals surface area contributed by atoms with Crippen molar-refractivity contribution in [3.05, 3.63) is 48.4 Å². The molecule has 0 aliphatic rings. The highest BCUT2D eigenvalue weighted by Gasteiger charge is 2.11. The number of carbonyl (C=O) groups excluding carboxylic acids is 1. The van der Waals surface area contributed by atoms with Gasteiger partial charge in [0.25, 0.3) is 5.91 Å². The molecule has 0 aliphatic carbocycles. The highest BCUT2D eigenvalue weighted by molar-refractivity contribution is 7.89. The fourth-order valence-corrected chi connectivity index (χ4v) is 2.15. The van der Waals surface area contributed by atoms with Crippen LogP contribution in [0.5, 0.6) is 0 Å². The van der Waals surface area contributed by atoms with Crippen LogP contribution >= 0.6 is 0 Å². The maximum Gasteiger partial charge on any atom is 0.283 e. The first-order valence-electron chi connectivity index (χ1n) is 6.57. The molecule has 2 rings (SSSR count). The largest absolute Gasteiger partial charge is 0.467 e. The predicted octanol–water partition coefficient (Wildman–Crippen LogP) is 0.535. The molecule has 0 aliphatic heterocycles. The molecule has 0 fully saturated rings. The van der Waals surface area contributed by atoms with Gasteiger partial charge in [0.15, 0.2) is 0 Å². The monoisotopic (exact) mass is 347 g/mol. The van der Waals surface area contributed by atoms with Crippen molar-refractivity contribution in [1.82, 2.24) is 5.32 Å². The molecular formula is C14H13N5O4S. The van der Waals surface area contributed by atoms with Crippen LogP contribution in [0.1, 0.15) is 5.76 Å². The number of hydrogen-bond donors (Lipinski definition) is 3. The van der Waals surface area contributed by atoms with E-state index in [0.29, 0.717) is 11.4 Å². The summed E-state index contributed by atoms with van der Waals surface area (Å²) in [4.78, 5) is 11.8. The quantitative estimate of drug-likeness (QED) is 0.512. The lowest BCUT2D eigenvalue weighted by Crippen LogP contribution is -2.30. The van der Waals surface area contributed by atoms with Crippen molar-refractivity contribution in [2.45, 2.75) is 11.4 Å². The third kappa shape index (κ3) is 4.67. The Bertz CT molecular complexity index is 880. The van der Waals surface area contributed by atoms with E-state index in [2.05, 4.69) is 15.8 Å². The molecule has 0 radical (unpaired) electrons. The summed E-state index contributed by atoms with van der Waals surface area (Å²) in [5.74, 6) is -0.144. The molecule has 10 heteroatoms. The fraction of sp³-hybridized carbons (Fsp3) is 0.0714. The number of carbonyl (C=O) groups is 1. The summed E-state index contributed by atoms with van der Waals surface area (Å²) in [6, 6.07) is 10.4. The average Bonchev–Trinajstić information content (AvgIpc) is 3.06. The summed E-state index contributed by atoms with van der Waals surface area (Å²) < 4.78 is 27.3. The number of rotatable bonds is 6. The zero-order chi connectivity index (χ0) is 17.6. The summed E-state index contributed by atoms with van der Waals surface area (Å²) in [6.07, 6.45) is 1.47. The van der Waals surface area contributed by atoms with Gasteiger partial charge in [0.05, 0.1) is 23.4 Å². The van der Waals surface area contributed by atoms with Gasteiger partial charge in [0, 0.05) is 0 Å². The van der Waals surface area contributed by atoms with Crippen molar-refractivity contribution in [1.29, 1.82) is 5.26 Å². The summed E-state index contributed by atoms with van der Waals surface area (Å²) in [6.45, 7) is 0.121. The first-order valence-corrected chi connectivity index (χ1v) is 8.12. The van der Waals surface area contributed by atoms with E-state index in [1.165, 1.54) is 30.5 Å². The van der Waals surface area contributed by atoms with Crippen LogP contribution < -0.4 is 15.9 Å². The third-order valence-electron chi connectivity index (χ3n) is 2.80. The molecule has 1 aromatic carbocycles. The number of amides is 1. The number of hydrogen-bond acceptors (Lipinski definition) is 7. The Labute approximate surface area is 137 Å². The number of hydrazone groups is 1. The standard InChI is InChI=1S/C14H13N5O4S/c15-8-13(14(20)17-9-11-2-1-7-23-11)19-18-10-3-5-12(6-4-10)24(16,21)22/h1-7,18H,9H2,(H,17,20)(H2,16,21,22)/b19-13+. The second-order valence-electron chi connectivity index (χ2n) is 4.52. The minimum absolute atomic E-state index is 0.0614. The van der Waals surface area contributed by atoms with Gasteiger partial charge in [-0.1, -0.05) is 0 Å². The van der Waals surface area contributed by atoms with E-state index in [-0.39, 0.29) is 11.4 Å². The fourth-order valence-electron chi connectivity index (χ4n) is 1.63. The lowest BCUT2D eigenvalue weighted by molar-refractivity contribution is -0.114. The second-order valence-corrected chi connectivity index (χ2v) is 6.08. The number of nitrogens with zero attached hydrogens (tertiary/aromatic N) is 2. The van der Waals surface area contributed by atoms with Crippen LogP contribution in [0.4, 0.5) is 5.69 Å². The normalized spacial score (nSPS) is 11.6. The Hall–Kier alpha value is -3.16. The van der Waals surface area contributed by atoms with Crippen LogP contribution in [-0.2, 0) is 21.4 Å². The maximum absolute atomic E-state index is 11.8. The van der Waals surface area contributed by atoms with Crippen LogP contribution in [0.15, 0.2) is 57.1 Å². The Morgan fingerprint density at radius 3 is 2.54 bits per heavy atom. The first kappa shape index (κ1) is 17.2. The number of nitrogens with two attached hydrogens (primary N) is 1. The summed E-state index contributed by atoms with van der Waals surface area (Å²) in [5.41, 5.74) is 2.49. The van der Waals surface area contributed by atoms with Gasteiger partial charge in [-0.2, -0.15) is 10.4 Å². The van der Waals surface area contributed by atoms with Gasteiger partial charge < -0.3 is 9.73 Å². The molecule has 0 spiro atoms. The molecule has 124 valence electrons. The van der Waals surface area contributed by atoms with Crippen LogP contribution in [0.25, 0.3) is 0 Å². The van der Waals surface area contributed by atoms with Crippen molar-refractivity contribution in [3.63, 3.8) is 0 Å². The molecule has 1 aromatic heterocycles. The van der Waals surface area contributed by atoms with E-state index in [0.717, 1.165) is 0 Å². The van der Waals surface area contributed by atoms with Gasteiger partial charge in [-0.15, -0.1) is 0 Å². The van der Waals surface area contributed by atoms with Crippen molar-refractivity contribution < 1.29 is 17.6 Å². The topological polar surface area (TPSA) is 151 Å². The van der Waals surface area contributed by atoms with Gasteiger partial charge in [-0.3, -0.25) is 10.2 Å². The molecule has 0 saturated heterocycles. The highest BCUT2D eigenvalue weighted by Crippen LogP contribution is 2.12. The molecule has 0 bridgehead atoms. The third-order valence-corrected chi connectivity index (χ3v) is 3.73. The van der Waals surface area contributed by atoms with Crippen molar-refractivity contribution in [3.8, 4) is 6.07 Å². The minimum Gasteiger partial charge on any atom is -0.467 e. The first-order chi connectivity index (χ1) is 11.4. The lowest BCUT2D eigenvalue weighted by Gasteiger charge is -2.04. The Balaban J connectivity index is 2.00. The Morgan fingerprint density at radius 1 is 1.29 bits per heavy atom. The smallest absolute Gasteiger partial charge is 0.283 e. The highest BCUT2D eigenvalue weighted by atomic mass is 32.2. The van der Waals surface area contributed by atoms with Gasteiger partial charge in [0.2, 0.25) is 15.7 Å². The predicted molar refractivity (Wildman–Crippen MR) is 85.0 cm³/mol. The molecule has 9 nitrogen and oxygen atoms in total. The van der Waals surface area contributed by atoms with E-state index in [1.807, 2.05) is 0 Å². The van der Waals surface area contributed by atoms with Crippen LogP contribution in [0, 0.1) is 11.3 Å². The molecule has 1 heterocycles. The number of sulfonamides is 1. The average molecular weight is 347 g/mol. The molecule has 0 saturated carbocycles. The molecule has 4 N–H and O–H groups in total. The van der Waals surface area contributed by atoms with E-state index in [1.54, 1.807) is 18.2 Å². The van der Waals surface area contributed by atoms with E-state index in [9.17, 15) is 13.2 Å². The summed E-state index contributed by atoms with van der Waals surface area (Å²) in [5, 5.41) is 20.1.